The van der Waals surface area contributed by atoms with Crippen LogP contribution in [0, 0.1) is 0 Å². The van der Waals surface area contributed by atoms with Gasteiger partial charge in [0.15, 0.2) is 0 Å². The molecule has 0 saturated heterocycles. The van der Waals surface area contributed by atoms with Crippen LogP contribution in [0.1, 0.15) is 34.1 Å². The lowest BCUT2D eigenvalue weighted by molar-refractivity contribution is 0.0700. The molecule has 88 valence electrons. The molecule has 0 spiro atoms. The van der Waals surface area contributed by atoms with Gasteiger partial charge in [-0.15, -0.1) is 22.7 Å². The largest absolute Gasteiger partial charge is 0.477 e. The van der Waals surface area contributed by atoms with Gasteiger partial charge in [-0.25, -0.2) is 9.78 Å². The Morgan fingerprint density at radius 2 is 2.29 bits per heavy atom. The van der Waals surface area contributed by atoms with Gasteiger partial charge in [0.25, 0.3) is 0 Å². The summed E-state index contributed by atoms with van der Waals surface area (Å²) in [5.41, 5.74) is 0.776. The predicted octanol–water partition coefficient (Wildman–Crippen LogP) is 4.21. The molecule has 0 unspecified atom stereocenters. The van der Waals surface area contributed by atoms with Gasteiger partial charge in [0.1, 0.15) is 9.88 Å². The number of hydrogen-bond donors (Lipinski definition) is 1. The van der Waals surface area contributed by atoms with Crippen LogP contribution in [0.2, 0.25) is 0 Å². The van der Waals surface area contributed by atoms with Crippen molar-refractivity contribution in [1.29, 1.82) is 0 Å². The summed E-state index contributed by atoms with van der Waals surface area (Å²) in [5.74, 6) is -0.492. The maximum Gasteiger partial charge on any atom is 0.347 e. The van der Waals surface area contributed by atoms with Gasteiger partial charge in [-0.05, 0) is 40.2 Å². The molecular weight excluding hydrogens is 322 g/mol. The number of aromatic nitrogens is 1. The average molecular weight is 330 g/mol. The fourth-order valence-electron chi connectivity index (χ4n) is 1.66. The molecule has 0 aromatic carbocycles. The zero-order valence-electron chi connectivity index (χ0n) is 8.64. The summed E-state index contributed by atoms with van der Waals surface area (Å²) in [6, 6.07) is 1.96. The van der Waals surface area contributed by atoms with Crippen molar-refractivity contribution in [3.63, 3.8) is 0 Å². The van der Waals surface area contributed by atoms with E-state index in [1.807, 2.05) is 11.4 Å². The summed E-state index contributed by atoms with van der Waals surface area (Å²) in [5, 5.41) is 12.0. The third-order valence-corrected chi connectivity index (χ3v) is 5.67. The second-order valence-electron chi connectivity index (χ2n) is 3.91. The number of halogens is 1. The molecule has 1 aliphatic rings. The highest BCUT2D eigenvalue weighted by atomic mass is 79.9. The third kappa shape index (κ3) is 2.05. The number of rotatable bonds is 3. The van der Waals surface area contributed by atoms with Crippen LogP contribution in [0.4, 0.5) is 0 Å². The van der Waals surface area contributed by atoms with E-state index in [0.29, 0.717) is 10.8 Å². The maximum atomic E-state index is 11.2. The highest BCUT2D eigenvalue weighted by Gasteiger charge is 2.32. The van der Waals surface area contributed by atoms with Crippen LogP contribution in [-0.2, 0) is 0 Å². The number of nitrogens with zero attached hydrogens (tertiary/aromatic N) is 1. The molecule has 2 aromatic heterocycles. The summed E-state index contributed by atoms with van der Waals surface area (Å²) >= 11 is 6.31. The summed E-state index contributed by atoms with van der Waals surface area (Å²) in [4.78, 5) is 17.1. The zero-order valence-corrected chi connectivity index (χ0v) is 11.9. The molecule has 0 amide bonds. The SMILES string of the molecule is O=C(O)c1sc(-c2sccc2Br)nc1C1CC1. The number of carboxylic acid groups (broad SMARTS) is 1. The van der Waals surface area contributed by atoms with Gasteiger partial charge in [-0.3, -0.25) is 0 Å². The third-order valence-electron chi connectivity index (χ3n) is 2.62. The maximum absolute atomic E-state index is 11.2. The molecule has 6 heteroatoms. The van der Waals surface area contributed by atoms with E-state index < -0.39 is 5.97 Å². The van der Waals surface area contributed by atoms with Crippen LogP contribution >= 0.6 is 38.6 Å². The molecule has 0 radical (unpaired) electrons. The molecule has 1 fully saturated rings. The minimum atomic E-state index is -0.858. The lowest BCUT2D eigenvalue weighted by atomic mass is 10.2. The number of hydrogen-bond acceptors (Lipinski definition) is 4. The topological polar surface area (TPSA) is 50.2 Å². The van der Waals surface area contributed by atoms with Crippen LogP contribution in [0.25, 0.3) is 9.88 Å². The molecule has 1 N–H and O–H groups in total. The summed E-state index contributed by atoms with van der Waals surface area (Å²) in [6.45, 7) is 0. The average Bonchev–Trinajstić information content (AvgIpc) is 2.88. The Balaban J connectivity index is 2.10. The zero-order chi connectivity index (χ0) is 12.0. The molecule has 1 aliphatic carbocycles. The molecule has 17 heavy (non-hydrogen) atoms. The van der Waals surface area contributed by atoms with Crippen LogP contribution in [0.15, 0.2) is 15.9 Å². The van der Waals surface area contributed by atoms with Crippen molar-refractivity contribution in [2.75, 3.05) is 0 Å². The summed E-state index contributed by atoms with van der Waals surface area (Å²) in [7, 11) is 0. The van der Waals surface area contributed by atoms with Gasteiger partial charge in [0, 0.05) is 10.4 Å². The number of aromatic carboxylic acids is 1. The van der Waals surface area contributed by atoms with Crippen LogP contribution in [0.3, 0.4) is 0 Å². The molecule has 1 saturated carbocycles. The second-order valence-corrected chi connectivity index (χ2v) is 6.68. The van der Waals surface area contributed by atoms with Gasteiger partial charge in [0.05, 0.1) is 10.6 Å². The van der Waals surface area contributed by atoms with Crippen molar-refractivity contribution in [1.82, 2.24) is 4.98 Å². The van der Waals surface area contributed by atoms with Crippen molar-refractivity contribution in [2.24, 2.45) is 0 Å². The van der Waals surface area contributed by atoms with E-state index in [-0.39, 0.29) is 0 Å². The molecule has 3 nitrogen and oxygen atoms in total. The Morgan fingerprint density at radius 1 is 1.53 bits per heavy atom. The fourth-order valence-corrected chi connectivity index (χ4v) is 4.45. The van der Waals surface area contributed by atoms with E-state index in [4.69, 9.17) is 0 Å². The lowest BCUT2D eigenvalue weighted by Gasteiger charge is -1.92. The molecule has 2 aromatic rings. The van der Waals surface area contributed by atoms with E-state index in [1.54, 1.807) is 11.3 Å². The summed E-state index contributed by atoms with van der Waals surface area (Å²) < 4.78 is 0.982. The van der Waals surface area contributed by atoms with E-state index in [9.17, 15) is 9.90 Å². The van der Waals surface area contributed by atoms with Crippen molar-refractivity contribution in [3.8, 4) is 9.88 Å². The van der Waals surface area contributed by atoms with Gasteiger partial charge in [-0.1, -0.05) is 0 Å². The molecule has 2 heterocycles. The van der Waals surface area contributed by atoms with Gasteiger partial charge in [-0.2, -0.15) is 0 Å². The summed E-state index contributed by atoms with van der Waals surface area (Å²) in [6.07, 6.45) is 2.13. The smallest absolute Gasteiger partial charge is 0.347 e. The molecule has 0 bridgehead atoms. The Hall–Kier alpha value is -0.720. The van der Waals surface area contributed by atoms with Crippen LogP contribution < -0.4 is 0 Å². The van der Waals surface area contributed by atoms with Crippen molar-refractivity contribution >= 4 is 44.6 Å². The van der Waals surface area contributed by atoms with Gasteiger partial charge >= 0.3 is 5.97 Å². The Labute approximate surface area is 114 Å². The number of carboxylic acids is 1. The Bertz CT molecular complexity index is 586. The van der Waals surface area contributed by atoms with Crippen molar-refractivity contribution in [3.05, 3.63) is 26.5 Å². The standard InChI is InChI=1S/C11H8BrNO2S2/c12-6-3-4-16-8(6)10-13-7(5-1-2-5)9(17-10)11(14)15/h3-5H,1-2H2,(H,14,15). The lowest BCUT2D eigenvalue weighted by Crippen LogP contribution is -1.97. The molecule has 0 aliphatic heterocycles. The normalized spacial score (nSPS) is 15.1. The number of carbonyl (C=O) groups is 1. The van der Waals surface area contributed by atoms with Crippen molar-refractivity contribution < 1.29 is 9.90 Å². The van der Waals surface area contributed by atoms with E-state index in [0.717, 1.165) is 32.9 Å². The first kappa shape index (κ1) is 11.4. The highest BCUT2D eigenvalue weighted by molar-refractivity contribution is 9.10. The Morgan fingerprint density at radius 3 is 2.82 bits per heavy atom. The predicted molar refractivity (Wildman–Crippen MR) is 72.1 cm³/mol. The molecule has 0 atom stereocenters. The minimum Gasteiger partial charge on any atom is -0.477 e. The monoisotopic (exact) mass is 329 g/mol. The molecular formula is C11H8BrNO2S2. The quantitative estimate of drug-likeness (QED) is 0.917. The fraction of sp³-hybridized carbons (Fsp3) is 0.273. The highest BCUT2D eigenvalue weighted by Crippen LogP contribution is 2.45. The first-order valence-electron chi connectivity index (χ1n) is 5.14. The first-order chi connectivity index (χ1) is 8.16. The van der Waals surface area contributed by atoms with E-state index >= 15 is 0 Å². The van der Waals surface area contributed by atoms with Gasteiger partial charge in [0.2, 0.25) is 0 Å². The minimum absolute atomic E-state index is 0.366. The van der Waals surface area contributed by atoms with Gasteiger partial charge < -0.3 is 5.11 Å². The molecule has 3 rings (SSSR count). The van der Waals surface area contributed by atoms with Crippen LogP contribution in [0.5, 0.6) is 0 Å². The Kier molecular flexibility index (Phi) is 2.80. The van der Waals surface area contributed by atoms with E-state index in [1.165, 1.54) is 11.3 Å². The number of thiophene rings is 1. The number of thiazole rings is 1. The first-order valence-corrected chi connectivity index (χ1v) is 7.63. The second kappa shape index (κ2) is 4.19. The van der Waals surface area contributed by atoms with E-state index in [2.05, 4.69) is 20.9 Å². The van der Waals surface area contributed by atoms with Crippen LogP contribution in [-0.4, -0.2) is 16.1 Å². The van der Waals surface area contributed by atoms with Crippen molar-refractivity contribution in [2.45, 2.75) is 18.8 Å².